The average molecular weight is 279 g/mol. The number of nitrogens with zero attached hydrogens (tertiary/aromatic N) is 1. The third-order valence-electron chi connectivity index (χ3n) is 3.02. The van der Waals surface area contributed by atoms with Crippen LogP contribution in [0.2, 0.25) is 0 Å². The van der Waals surface area contributed by atoms with Crippen molar-refractivity contribution in [3.8, 4) is 0 Å². The van der Waals surface area contributed by atoms with Crippen LogP contribution in [0.4, 0.5) is 0 Å². The maximum absolute atomic E-state index is 11.1. The van der Waals surface area contributed by atoms with Crippen molar-refractivity contribution < 1.29 is 14.6 Å². The summed E-state index contributed by atoms with van der Waals surface area (Å²) in [5.41, 5.74) is 1.16. The van der Waals surface area contributed by atoms with Crippen molar-refractivity contribution in [3.05, 3.63) is 35.4 Å². The summed E-state index contributed by atoms with van der Waals surface area (Å²) < 4.78 is 5.68. The lowest BCUT2D eigenvalue weighted by molar-refractivity contribution is -0.0106. The van der Waals surface area contributed by atoms with Crippen molar-refractivity contribution in [2.45, 2.75) is 32.8 Å². The number of ether oxygens (including phenoxy) is 1. The number of carbonyl (C=O) groups is 1. The van der Waals surface area contributed by atoms with E-state index in [9.17, 15) is 4.79 Å². The summed E-state index contributed by atoms with van der Waals surface area (Å²) in [6.07, 6.45) is 0.731. The molecule has 0 fully saturated rings. The summed E-state index contributed by atoms with van der Waals surface area (Å²) in [4.78, 5) is 13.3. The highest BCUT2D eigenvalue weighted by atomic mass is 16.5. The molecular weight excluding hydrogens is 254 g/mol. The molecule has 0 unspecified atom stereocenters. The molecule has 1 N–H and O–H groups in total. The minimum atomic E-state index is -0.862. The van der Waals surface area contributed by atoms with E-state index in [1.54, 1.807) is 12.1 Å². The van der Waals surface area contributed by atoms with Gasteiger partial charge in [-0.05, 0) is 45.9 Å². The first-order chi connectivity index (χ1) is 9.29. The second-order valence-corrected chi connectivity index (χ2v) is 5.98. The monoisotopic (exact) mass is 279 g/mol. The van der Waals surface area contributed by atoms with E-state index in [2.05, 4.69) is 4.90 Å². The quantitative estimate of drug-likeness (QED) is 0.833. The largest absolute Gasteiger partial charge is 0.478 e. The van der Waals surface area contributed by atoms with Crippen LogP contribution in [0.25, 0.3) is 0 Å². The van der Waals surface area contributed by atoms with Crippen LogP contribution < -0.4 is 0 Å². The van der Waals surface area contributed by atoms with Gasteiger partial charge >= 0.3 is 5.97 Å². The highest BCUT2D eigenvalue weighted by Crippen LogP contribution is 2.10. The number of likely N-dealkylation sites (N-methyl/N-ethyl adjacent to an activating group) is 1. The van der Waals surface area contributed by atoms with E-state index >= 15 is 0 Å². The second-order valence-electron chi connectivity index (χ2n) is 5.98. The van der Waals surface area contributed by atoms with Crippen molar-refractivity contribution in [1.82, 2.24) is 4.90 Å². The Morgan fingerprint density at radius 1 is 1.25 bits per heavy atom. The Balaban J connectivity index is 2.41. The second kappa shape index (κ2) is 7.41. The molecule has 0 bridgehead atoms. The Kier molecular flexibility index (Phi) is 6.17. The van der Waals surface area contributed by atoms with Gasteiger partial charge in [0.15, 0.2) is 0 Å². The Bertz CT molecular complexity index is 438. The predicted octanol–water partition coefficient (Wildman–Crippen LogP) is 2.67. The lowest BCUT2D eigenvalue weighted by Gasteiger charge is -2.23. The molecule has 1 rings (SSSR count). The molecular formula is C16H25NO3. The maximum Gasteiger partial charge on any atom is 0.335 e. The molecule has 0 aliphatic rings. The van der Waals surface area contributed by atoms with E-state index in [0.29, 0.717) is 12.2 Å². The van der Waals surface area contributed by atoms with Gasteiger partial charge in [0.25, 0.3) is 0 Å². The zero-order chi connectivity index (χ0) is 15.2. The molecule has 0 aliphatic heterocycles. The highest BCUT2D eigenvalue weighted by molar-refractivity contribution is 5.89. The van der Waals surface area contributed by atoms with Crippen LogP contribution in [-0.4, -0.2) is 48.3 Å². The fourth-order valence-corrected chi connectivity index (χ4v) is 1.88. The smallest absolute Gasteiger partial charge is 0.335 e. The summed E-state index contributed by atoms with van der Waals surface area (Å²) >= 11 is 0. The maximum atomic E-state index is 11.1. The van der Waals surface area contributed by atoms with Crippen LogP contribution in [0.5, 0.6) is 0 Å². The number of rotatable bonds is 7. The molecule has 20 heavy (non-hydrogen) atoms. The number of hydrogen-bond acceptors (Lipinski definition) is 3. The predicted molar refractivity (Wildman–Crippen MR) is 80.3 cm³/mol. The normalized spacial score (nSPS) is 11.8. The third-order valence-corrected chi connectivity index (χ3v) is 3.02. The number of benzene rings is 1. The van der Waals surface area contributed by atoms with Gasteiger partial charge in [-0.25, -0.2) is 4.79 Å². The van der Waals surface area contributed by atoms with Crippen LogP contribution in [0, 0.1) is 0 Å². The SMILES string of the molecule is CN(CCOC(C)(C)C)CCc1ccccc1C(=O)O. The number of hydrogen-bond donors (Lipinski definition) is 1. The minimum absolute atomic E-state index is 0.114. The lowest BCUT2D eigenvalue weighted by Crippen LogP contribution is -2.29. The van der Waals surface area contributed by atoms with E-state index in [0.717, 1.165) is 25.1 Å². The minimum Gasteiger partial charge on any atom is -0.478 e. The summed E-state index contributed by atoms with van der Waals surface area (Å²) in [6, 6.07) is 7.17. The first kappa shape index (κ1) is 16.7. The van der Waals surface area contributed by atoms with Crippen LogP contribution >= 0.6 is 0 Å². The molecule has 0 saturated heterocycles. The van der Waals surface area contributed by atoms with Gasteiger partial charge in [-0.2, -0.15) is 0 Å². The zero-order valence-electron chi connectivity index (χ0n) is 12.8. The van der Waals surface area contributed by atoms with Crippen molar-refractivity contribution >= 4 is 5.97 Å². The molecule has 0 saturated carbocycles. The van der Waals surface area contributed by atoms with Gasteiger partial charge in [-0.3, -0.25) is 0 Å². The topological polar surface area (TPSA) is 49.8 Å². The van der Waals surface area contributed by atoms with Gasteiger partial charge < -0.3 is 14.7 Å². The molecule has 0 amide bonds. The number of carboxylic acid groups (broad SMARTS) is 1. The van der Waals surface area contributed by atoms with E-state index in [1.165, 1.54) is 0 Å². The van der Waals surface area contributed by atoms with Crippen LogP contribution in [0.15, 0.2) is 24.3 Å². The fourth-order valence-electron chi connectivity index (χ4n) is 1.88. The number of aromatic carboxylic acids is 1. The standard InChI is InChI=1S/C16H25NO3/c1-16(2,3)20-12-11-17(4)10-9-13-7-5-6-8-14(13)15(18)19/h5-8H,9-12H2,1-4H3,(H,18,19). The summed E-state index contributed by atoms with van der Waals surface area (Å²) in [5.74, 6) is -0.862. The molecule has 1 aromatic rings. The Hall–Kier alpha value is -1.39. The van der Waals surface area contributed by atoms with E-state index in [4.69, 9.17) is 9.84 Å². The third kappa shape index (κ3) is 6.17. The summed E-state index contributed by atoms with van der Waals surface area (Å²) in [6.45, 7) is 8.45. The first-order valence-electron chi connectivity index (χ1n) is 6.93. The highest BCUT2D eigenvalue weighted by Gasteiger charge is 2.11. The van der Waals surface area contributed by atoms with Gasteiger partial charge in [0.05, 0.1) is 17.8 Å². The number of carboxylic acids is 1. The van der Waals surface area contributed by atoms with Gasteiger partial charge in [0.2, 0.25) is 0 Å². The Morgan fingerprint density at radius 3 is 2.50 bits per heavy atom. The van der Waals surface area contributed by atoms with Gasteiger partial charge in [0, 0.05) is 13.1 Å². The Labute approximate surface area is 121 Å². The van der Waals surface area contributed by atoms with Gasteiger partial charge in [0.1, 0.15) is 0 Å². The fraction of sp³-hybridized carbons (Fsp3) is 0.562. The van der Waals surface area contributed by atoms with Crippen molar-refractivity contribution in [3.63, 3.8) is 0 Å². The average Bonchev–Trinajstić information content (AvgIpc) is 2.35. The molecule has 0 radical (unpaired) electrons. The molecule has 0 spiro atoms. The van der Waals surface area contributed by atoms with Crippen LogP contribution in [-0.2, 0) is 11.2 Å². The van der Waals surface area contributed by atoms with Gasteiger partial charge in [-0.1, -0.05) is 18.2 Å². The molecule has 0 aliphatic carbocycles. The summed E-state index contributed by atoms with van der Waals surface area (Å²) in [7, 11) is 2.02. The Morgan fingerprint density at radius 2 is 1.90 bits per heavy atom. The molecule has 4 heteroatoms. The lowest BCUT2D eigenvalue weighted by atomic mass is 10.0. The summed E-state index contributed by atoms with van der Waals surface area (Å²) in [5, 5.41) is 9.13. The van der Waals surface area contributed by atoms with Crippen molar-refractivity contribution in [2.24, 2.45) is 0 Å². The van der Waals surface area contributed by atoms with Crippen molar-refractivity contribution in [2.75, 3.05) is 26.7 Å². The van der Waals surface area contributed by atoms with Gasteiger partial charge in [-0.15, -0.1) is 0 Å². The van der Waals surface area contributed by atoms with E-state index in [1.807, 2.05) is 40.0 Å². The van der Waals surface area contributed by atoms with Crippen molar-refractivity contribution in [1.29, 1.82) is 0 Å². The van der Waals surface area contributed by atoms with Crippen LogP contribution in [0.3, 0.4) is 0 Å². The zero-order valence-corrected chi connectivity index (χ0v) is 12.8. The van der Waals surface area contributed by atoms with Crippen LogP contribution in [0.1, 0.15) is 36.7 Å². The molecule has 0 aromatic heterocycles. The molecule has 112 valence electrons. The first-order valence-corrected chi connectivity index (χ1v) is 6.93. The molecule has 0 heterocycles. The molecule has 4 nitrogen and oxygen atoms in total. The van der Waals surface area contributed by atoms with E-state index in [-0.39, 0.29) is 5.60 Å². The van der Waals surface area contributed by atoms with E-state index < -0.39 is 5.97 Å². The molecule has 1 aromatic carbocycles. The molecule has 0 atom stereocenters.